The maximum absolute atomic E-state index is 13.0. The summed E-state index contributed by atoms with van der Waals surface area (Å²) in [5.74, 6) is 0. The predicted molar refractivity (Wildman–Crippen MR) is 86.8 cm³/mol. The Kier molecular flexibility index (Phi) is 5.18. The summed E-state index contributed by atoms with van der Waals surface area (Å²) in [6, 6.07) is 6.01. The zero-order chi connectivity index (χ0) is 15.8. The number of hydrogen-bond acceptors (Lipinski definition) is 2. The van der Waals surface area contributed by atoms with Gasteiger partial charge in [0.05, 0.1) is 11.6 Å². The third-order valence-electron chi connectivity index (χ3n) is 3.02. The Hall–Kier alpha value is -0.370. The minimum atomic E-state index is -4.38. The molecule has 0 saturated heterocycles. The molecule has 0 fully saturated rings. The lowest BCUT2D eigenvalue weighted by Gasteiger charge is -2.18. The van der Waals surface area contributed by atoms with Crippen molar-refractivity contribution >= 4 is 43.2 Å². The molecule has 1 heterocycles. The van der Waals surface area contributed by atoms with E-state index in [0.717, 1.165) is 14.2 Å². The summed E-state index contributed by atoms with van der Waals surface area (Å²) in [4.78, 5) is 2.07. The standard InChI is InChI=1S/C14H12Br2F3NS/c1-7-5-11(16)13(21-7)12(20-2)8-3-4-10(15)9(6-8)14(17,18)19/h3-6,12,20H,1-2H3. The molecular weight excluding hydrogens is 431 g/mol. The van der Waals surface area contributed by atoms with Crippen molar-refractivity contribution in [2.75, 3.05) is 7.05 Å². The molecule has 7 heteroatoms. The van der Waals surface area contributed by atoms with Crippen molar-refractivity contribution in [3.05, 3.63) is 54.1 Å². The van der Waals surface area contributed by atoms with E-state index < -0.39 is 11.7 Å². The van der Waals surface area contributed by atoms with Gasteiger partial charge in [0.2, 0.25) is 0 Å². The molecule has 0 aliphatic rings. The number of thiophene rings is 1. The lowest BCUT2D eigenvalue weighted by Crippen LogP contribution is -2.18. The van der Waals surface area contributed by atoms with Gasteiger partial charge in [-0.25, -0.2) is 0 Å². The Morgan fingerprint density at radius 3 is 2.29 bits per heavy atom. The van der Waals surface area contributed by atoms with Crippen LogP contribution in [-0.4, -0.2) is 7.05 Å². The highest BCUT2D eigenvalue weighted by Crippen LogP contribution is 2.39. The monoisotopic (exact) mass is 441 g/mol. The summed E-state index contributed by atoms with van der Waals surface area (Å²) in [6.45, 7) is 1.97. The van der Waals surface area contributed by atoms with E-state index in [4.69, 9.17) is 0 Å². The third-order valence-corrected chi connectivity index (χ3v) is 5.74. The maximum atomic E-state index is 13.0. The van der Waals surface area contributed by atoms with Crippen LogP contribution < -0.4 is 5.32 Å². The van der Waals surface area contributed by atoms with E-state index in [1.807, 2.05) is 13.0 Å². The smallest absolute Gasteiger partial charge is 0.309 e. The predicted octanol–water partition coefficient (Wildman–Crippen LogP) is 5.91. The summed E-state index contributed by atoms with van der Waals surface area (Å²) in [5, 5.41) is 3.08. The van der Waals surface area contributed by atoms with Gasteiger partial charge in [-0.15, -0.1) is 11.3 Å². The molecule has 0 aliphatic carbocycles. The Bertz CT molecular complexity index is 652. The molecule has 114 valence electrons. The number of benzene rings is 1. The fourth-order valence-corrected chi connectivity index (χ4v) is 4.58. The summed E-state index contributed by atoms with van der Waals surface area (Å²) < 4.78 is 40.0. The average Bonchev–Trinajstić information content (AvgIpc) is 2.70. The van der Waals surface area contributed by atoms with Gasteiger partial charge in [0.1, 0.15) is 0 Å². The maximum Gasteiger partial charge on any atom is 0.417 e. The number of alkyl halides is 3. The largest absolute Gasteiger partial charge is 0.417 e. The van der Waals surface area contributed by atoms with E-state index in [1.165, 1.54) is 12.1 Å². The van der Waals surface area contributed by atoms with Crippen molar-refractivity contribution in [2.45, 2.75) is 19.1 Å². The molecule has 1 nitrogen and oxygen atoms in total. The first-order chi connectivity index (χ1) is 9.74. The first-order valence-electron chi connectivity index (χ1n) is 6.03. The second-order valence-electron chi connectivity index (χ2n) is 4.53. The van der Waals surface area contributed by atoms with Crippen LogP contribution in [0.1, 0.15) is 26.9 Å². The number of rotatable bonds is 3. The van der Waals surface area contributed by atoms with Crippen LogP contribution in [0, 0.1) is 6.92 Å². The molecule has 2 aromatic rings. The molecule has 0 saturated carbocycles. The van der Waals surface area contributed by atoms with Crippen LogP contribution in [0.5, 0.6) is 0 Å². The number of nitrogens with one attached hydrogen (secondary N) is 1. The third kappa shape index (κ3) is 3.70. The normalized spacial score (nSPS) is 13.5. The number of halogens is 5. The summed E-state index contributed by atoms with van der Waals surface area (Å²) >= 11 is 7.99. The van der Waals surface area contributed by atoms with Crippen LogP contribution in [0.2, 0.25) is 0 Å². The minimum absolute atomic E-state index is 0.0510. The quantitative estimate of drug-likeness (QED) is 0.623. The molecule has 0 bridgehead atoms. The van der Waals surface area contributed by atoms with Crippen LogP contribution in [0.3, 0.4) is 0 Å². The Balaban J connectivity index is 2.51. The van der Waals surface area contributed by atoms with Gasteiger partial charge in [0.25, 0.3) is 0 Å². The van der Waals surface area contributed by atoms with Crippen molar-refractivity contribution in [1.82, 2.24) is 5.32 Å². The summed E-state index contributed by atoms with van der Waals surface area (Å²) in [5.41, 5.74) is -0.0831. The molecule has 21 heavy (non-hydrogen) atoms. The highest BCUT2D eigenvalue weighted by atomic mass is 79.9. The zero-order valence-corrected chi connectivity index (χ0v) is 15.2. The van der Waals surface area contributed by atoms with Crippen LogP contribution >= 0.6 is 43.2 Å². The topological polar surface area (TPSA) is 12.0 Å². The molecule has 1 atom stereocenters. The Labute approximate surface area is 141 Å². The van der Waals surface area contributed by atoms with Gasteiger partial charge in [-0.1, -0.05) is 22.0 Å². The molecule has 0 aliphatic heterocycles. The van der Waals surface area contributed by atoms with Gasteiger partial charge in [-0.05, 0) is 53.7 Å². The fraction of sp³-hybridized carbons (Fsp3) is 0.286. The Morgan fingerprint density at radius 1 is 1.14 bits per heavy atom. The molecule has 0 radical (unpaired) electrons. The van der Waals surface area contributed by atoms with Gasteiger partial charge < -0.3 is 5.32 Å². The van der Waals surface area contributed by atoms with Gasteiger partial charge in [0, 0.05) is 18.7 Å². The number of aryl methyl sites for hydroxylation is 1. The van der Waals surface area contributed by atoms with Crippen molar-refractivity contribution < 1.29 is 13.2 Å². The Morgan fingerprint density at radius 2 is 1.81 bits per heavy atom. The van der Waals surface area contributed by atoms with Crippen molar-refractivity contribution in [1.29, 1.82) is 0 Å². The molecule has 1 N–H and O–H groups in total. The van der Waals surface area contributed by atoms with Crippen molar-refractivity contribution in [2.24, 2.45) is 0 Å². The van der Waals surface area contributed by atoms with E-state index in [2.05, 4.69) is 37.2 Å². The second-order valence-corrected chi connectivity index (χ2v) is 7.52. The van der Waals surface area contributed by atoms with E-state index in [9.17, 15) is 13.2 Å². The van der Waals surface area contributed by atoms with Crippen molar-refractivity contribution in [3.63, 3.8) is 0 Å². The summed E-state index contributed by atoms with van der Waals surface area (Å²) in [7, 11) is 1.74. The molecule has 2 rings (SSSR count). The van der Waals surface area contributed by atoms with Crippen LogP contribution in [0.25, 0.3) is 0 Å². The zero-order valence-electron chi connectivity index (χ0n) is 11.2. The highest BCUT2D eigenvalue weighted by Gasteiger charge is 2.34. The molecule has 1 aromatic heterocycles. The van der Waals surface area contributed by atoms with Crippen LogP contribution in [0.15, 0.2) is 33.2 Å². The SMILES string of the molecule is CNC(c1ccc(Br)c(C(F)(F)F)c1)c1sc(C)cc1Br. The minimum Gasteiger partial charge on any atom is -0.309 e. The first kappa shape index (κ1) is 17.0. The van der Waals surface area contributed by atoms with Crippen molar-refractivity contribution in [3.8, 4) is 0 Å². The fourth-order valence-electron chi connectivity index (χ4n) is 2.09. The van der Waals surface area contributed by atoms with Gasteiger partial charge in [0.15, 0.2) is 0 Å². The van der Waals surface area contributed by atoms with Crippen LogP contribution in [-0.2, 0) is 6.18 Å². The van der Waals surface area contributed by atoms with Gasteiger partial charge in [-0.2, -0.15) is 13.2 Å². The van der Waals surface area contributed by atoms with Crippen LogP contribution in [0.4, 0.5) is 13.2 Å². The van der Waals surface area contributed by atoms with Gasteiger partial charge in [-0.3, -0.25) is 0 Å². The van der Waals surface area contributed by atoms with E-state index in [1.54, 1.807) is 24.5 Å². The highest BCUT2D eigenvalue weighted by molar-refractivity contribution is 9.10. The van der Waals surface area contributed by atoms with E-state index in [-0.39, 0.29) is 10.5 Å². The van der Waals surface area contributed by atoms with Gasteiger partial charge >= 0.3 is 6.18 Å². The second kappa shape index (κ2) is 6.40. The average molecular weight is 443 g/mol. The summed E-state index contributed by atoms with van der Waals surface area (Å²) in [6.07, 6.45) is -4.38. The lowest BCUT2D eigenvalue weighted by molar-refractivity contribution is -0.138. The number of hydrogen-bond donors (Lipinski definition) is 1. The molecule has 1 unspecified atom stereocenters. The molecule has 1 aromatic carbocycles. The molecule has 0 spiro atoms. The van der Waals surface area contributed by atoms with E-state index >= 15 is 0 Å². The van der Waals surface area contributed by atoms with E-state index in [0.29, 0.717) is 5.56 Å². The molecule has 0 amide bonds. The molecular formula is C14H12Br2F3NS. The lowest BCUT2D eigenvalue weighted by atomic mass is 10.0. The first-order valence-corrected chi connectivity index (χ1v) is 8.44.